The van der Waals surface area contributed by atoms with Gasteiger partial charge in [-0.15, -0.1) is 0 Å². The minimum Gasteiger partial charge on any atom is -0.505 e. The van der Waals surface area contributed by atoms with E-state index >= 15 is 0 Å². The molecule has 4 aliphatic rings. The first kappa shape index (κ1) is 22.4. The Bertz CT molecular complexity index is 1110. The van der Waals surface area contributed by atoms with E-state index in [1.54, 1.807) is 18.2 Å². The van der Waals surface area contributed by atoms with Gasteiger partial charge in [0.25, 0.3) is 5.91 Å². The monoisotopic (exact) mass is 461 g/mol. The minimum atomic E-state index is -0.444. The number of nitrogens with one attached hydrogen (secondary N) is 3. The molecule has 2 aromatic carbocycles. The van der Waals surface area contributed by atoms with Crippen molar-refractivity contribution in [3.63, 3.8) is 0 Å². The Morgan fingerprint density at radius 3 is 2.47 bits per heavy atom. The van der Waals surface area contributed by atoms with Gasteiger partial charge in [0.15, 0.2) is 5.75 Å². The van der Waals surface area contributed by atoms with Crippen molar-refractivity contribution in [1.29, 1.82) is 0 Å². The summed E-state index contributed by atoms with van der Waals surface area (Å²) in [5.74, 6) is 2.21. The molecule has 4 fully saturated rings. The van der Waals surface area contributed by atoms with Gasteiger partial charge in [-0.3, -0.25) is 14.4 Å². The lowest BCUT2D eigenvalue weighted by Gasteiger charge is -2.58. The van der Waals surface area contributed by atoms with Crippen molar-refractivity contribution in [1.82, 2.24) is 5.32 Å². The highest BCUT2D eigenvalue weighted by Gasteiger charge is 2.74. The second-order valence-corrected chi connectivity index (χ2v) is 10.5. The number of para-hydroxylation sites is 1. The molecule has 7 heteroatoms. The average Bonchev–Trinajstić information content (AvgIpc) is 3.13. The van der Waals surface area contributed by atoms with Gasteiger partial charge in [-0.2, -0.15) is 0 Å². The van der Waals surface area contributed by atoms with Crippen LogP contribution >= 0.6 is 0 Å². The van der Waals surface area contributed by atoms with E-state index in [2.05, 4.69) is 16.0 Å². The molecular weight excluding hydrogens is 430 g/mol. The lowest BCUT2D eigenvalue weighted by Crippen LogP contribution is -2.65. The molecule has 0 aromatic heterocycles. The van der Waals surface area contributed by atoms with Crippen LogP contribution in [0.25, 0.3) is 0 Å². The zero-order chi connectivity index (χ0) is 23.9. The maximum atomic E-state index is 12.1. The van der Waals surface area contributed by atoms with E-state index in [9.17, 15) is 19.5 Å². The number of carbonyl (C=O) groups excluding carboxylic acids is 3. The van der Waals surface area contributed by atoms with Gasteiger partial charge in [0.1, 0.15) is 0 Å². The van der Waals surface area contributed by atoms with Crippen LogP contribution in [-0.2, 0) is 9.59 Å². The Kier molecular flexibility index (Phi) is 5.58. The number of fused-ring (bicyclic) bond motifs is 2. The molecule has 34 heavy (non-hydrogen) atoms. The van der Waals surface area contributed by atoms with E-state index in [4.69, 9.17) is 0 Å². The molecule has 3 amide bonds. The second kappa shape index (κ2) is 8.46. The highest BCUT2D eigenvalue weighted by Crippen LogP contribution is 2.76. The summed E-state index contributed by atoms with van der Waals surface area (Å²) in [6.45, 7) is 1.95. The van der Waals surface area contributed by atoms with Crippen LogP contribution in [0.4, 0.5) is 11.4 Å². The largest absolute Gasteiger partial charge is 0.505 e. The van der Waals surface area contributed by atoms with Gasteiger partial charge in [0.05, 0.1) is 11.3 Å². The molecule has 0 aliphatic heterocycles. The van der Waals surface area contributed by atoms with Crippen molar-refractivity contribution >= 4 is 30.1 Å². The van der Waals surface area contributed by atoms with Gasteiger partial charge in [-0.05, 0) is 92.9 Å². The fraction of sp³-hybridized carbons (Fsp3) is 0.444. The van der Waals surface area contributed by atoms with E-state index in [1.807, 2.05) is 19.1 Å². The summed E-state index contributed by atoms with van der Waals surface area (Å²) in [6, 6.07) is 11.9. The predicted molar refractivity (Wildman–Crippen MR) is 129 cm³/mol. The zero-order valence-electron chi connectivity index (χ0n) is 19.3. The van der Waals surface area contributed by atoms with Crippen LogP contribution in [-0.4, -0.2) is 29.4 Å². The third-order valence-electron chi connectivity index (χ3n) is 8.70. The number of phenolic OH excluding ortho intramolecular Hbond substituents is 1. The highest BCUT2D eigenvalue weighted by atomic mass is 16.3. The summed E-state index contributed by atoms with van der Waals surface area (Å²) >= 11 is 0. The van der Waals surface area contributed by atoms with Crippen LogP contribution in [0.5, 0.6) is 5.75 Å². The fourth-order valence-electron chi connectivity index (χ4n) is 7.50. The smallest absolute Gasteiger partial charge is 0.259 e. The second-order valence-electron chi connectivity index (χ2n) is 10.5. The summed E-state index contributed by atoms with van der Waals surface area (Å²) in [5, 5.41) is 18.1. The highest BCUT2D eigenvalue weighted by molar-refractivity contribution is 6.07. The van der Waals surface area contributed by atoms with Crippen molar-refractivity contribution in [2.75, 3.05) is 10.6 Å². The third-order valence-corrected chi connectivity index (χ3v) is 8.70. The Morgan fingerprint density at radius 2 is 1.74 bits per heavy atom. The molecule has 4 aliphatic carbocycles. The van der Waals surface area contributed by atoms with E-state index in [0.717, 1.165) is 29.7 Å². The van der Waals surface area contributed by atoms with Crippen LogP contribution in [0.15, 0.2) is 42.5 Å². The maximum absolute atomic E-state index is 12.1. The number of carbonyl (C=O) groups is 3. The molecule has 4 N–H and O–H groups in total. The number of amides is 3. The first-order valence-corrected chi connectivity index (χ1v) is 12.0. The molecule has 4 saturated carbocycles. The van der Waals surface area contributed by atoms with Crippen molar-refractivity contribution in [2.45, 2.75) is 51.0 Å². The Morgan fingerprint density at radius 1 is 0.971 bits per heavy atom. The summed E-state index contributed by atoms with van der Waals surface area (Å²) in [5.41, 5.74) is 2.84. The van der Waals surface area contributed by atoms with E-state index in [-0.39, 0.29) is 22.5 Å². The van der Waals surface area contributed by atoms with Gasteiger partial charge < -0.3 is 21.1 Å². The molecule has 178 valence electrons. The predicted octanol–water partition coefficient (Wildman–Crippen LogP) is 4.22. The Hall–Kier alpha value is -3.35. The van der Waals surface area contributed by atoms with Crippen molar-refractivity contribution in [2.24, 2.45) is 23.2 Å². The molecule has 0 saturated heterocycles. The normalized spacial score (nSPS) is 31.4. The SMILES string of the molecule is Cc1ccc(NC(=O)c2cccc(NC=O)c2O)cc1.O=CNC12CC3CC4CC(C1)C2(C4)C3. The van der Waals surface area contributed by atoms with Crippen molar-refractivity contribution in [3.8, 4) is 5.75 Å². The van der Waals surface area contributed by atoms with E-state index < -0.39 is 5.91 Å². The molecular formula is C27H31N3O4. The number of benzene rings is 2. The molecule has 5 unspecified atom stereocenters. The third kappa shape index (κ3) is 3.54. The first-order chi connectivity index (χ1) is 16.4. The lowest BCUT2D eigenvalue weighted by atomic mass is 9.51. The zero-order valence-corrected chi connectivity index (χ0v) is 19.3. The summed E-state index contributed by atoms with van der Waals surface area (Å²) in [4.78, 5) is 33.2. The van der Waals surface area contributed by atoms with Crippen LogP contribution < -0.4 is 16.0 Å². The van der Waals surface area contributed by atoms with Crippen LogP contribution in [0.2, 0.25) is 0 Å². The Balaban J connectivity index is 0.000000149. The number of aromatic hydroxyl groups is 1. The van der Waals surface area contributed by atoms with Crippen molar-refractivity contribution < 1.29 is 19.5 Å². The summed E-state index contributed by atoms with van der Waals surface area (Å²) < 4.78 is 0. The molecule has 2 aromatic rings. The lowest BCUT2D eigenvalue weighted by molar-refractivity contribution is -0.119. The average molecular weight is 462 g/mol. The number of aryl methyl sites for hydroxylation is 1. The van der Waals surface area contributed by atoms with Crippen LogP contribution in [0, 0.1) is 30.1 Å². The molecule has 0 radical (unpaired) electrons. The van der Waals surface area contributed by atoms with Crippen molar-refractivity contribution in [3.05, 3.63) is 53.6 Å². The van der Waals surface area contributed by atoms with Gasteiger partial charge in [0, 0.05) is 11.2 Å². The van der Waals surface area contributed by atoms with Gasteiger partial charge in [0.2, 0.25) is 12.8 Å². The molecule has 3 bridgehead atoms. The van der Waals surface area contributed by atoms with Gasteiger partial charge >= 0.3 is 0 Å². The number of phenols is 1. The number of hydrogen-bond acceptors (Lipinski definition) is 4. The molecule has 0 heterocycles. The van der Waals surface area contributed by atoms with E-state index in [1.165, 1.54) is 50.7 Å². The summed E-state index contributed by atoms with van der Waals surface area (Å²) in [6.07, 6.45) is 9.76. The minimum absolute atomic E-state index is 0.0948. The maximum Gasteiger partial charge on any atom is 0.259 e. The molecule has 6 rings (SSSR count). The van der Waals surface area contributed by atoms with Gasteiger partial charge in [-0.1, -0.05) is 23.8 Å². The topological polar surface area (TPSA) is 108 Å². The van der Waals surface area contributed by atoms with Crippen LogP contribution in [0.1, 0.15) is 54.4 Å². The molecule has 5 atom stereocenters. The van der Waals surface area contributed by atoms with E-state index in [0.29, 0.717) is 17.5 Å². The molecule has 7 nitrogen and oxygen atoms in total. The number of rotatable bonds is 6. The quantitative estimate of drug-likeness (QED) is 0.382. The number of hydrogen-bond donors (Lipinski definition) is 4. The summed E-state index contributed by atoms with van der Waals surface area (Å²) in [7, 11) is 0. The first-order valence-electron chi connectivity index (χ1n) is 12.0. The fourth-order valence-corrected chi connectivity index (χ4v) is 7.50. The number of anilines is 2. The van der Waals surface area contributed by atoms with Gasteiger partial charge in [-0.25, -0.2) is 0 Å². The molecule has 1 spiro atoms. The Labute approximate surface area is 199 Å². The van der Waals surface area contributed by atoms with Crippen LogP contribution in [0.3, 0.4) is 0 Å². The standard InChI is InChI=1S/C15H14N2O3.C12H17NO/c1-10-5-7-11(8-6-10)17-15(20)12-3-2-4-13(14(12)19)16-9-18;14-7-13-12-5-9-1-8-2-10(6-12)11(12,3-8)4-9/h2-9,19H,1H3,(H,16,18)(H,17,20);7-10H,1-6H2,(H,13,14).